The molecule has 0 radical (unpaired) electrons. The highest BCUT2D eigenvalue weighted by Crippen LogP contribution is 2.52. The Morgan fingerprint density at radius 2 is 1.90 bits per heavy atom. The van der Waals surface area contributed by atoms with E-state index in [1.807, 2.05) is 41.7 Å². The second kappa shape index (κ2) is 14.7. The van der Waals surface area contributed by atoms with Gasteiger partial charge in [-0.1, -0.05) is 32.0 Å². The Hall–Kier alpha value is -4.20. The maximum atomic E-state index is 13.8. The number of benzene rings is 1. The van der Waals surface area contributed by atoms with Crippen molar-refractivity contribution in [2.45, 2.75) is 58.6 Å². The quantitative estimate of drug-likeness (QED) is 0.116. The van der Waals surface area contributed by atoms with E-state index in [0.29, 0.717) is 11.5 Å². The summed E-state index contributed by atoms with van der Waals surface area (Å²) in [4.78, 5) is 24.1. The van der Waals surface area contributed by atoms with Crippen molar-refractivity contribution in [3.05, 3.63) is 91.4 Å². The van der Waals surface area contributed by atoms with Crippen molar-refractivity contribution in [1.29, 1.82) is 10.5 Å². The summed E-state index contributed by atoms with van der Waals surface area (Å²) in [5.74, 6) is 0.472. The molecule has 0 bridgehead atoms. The summed E-state index contributed by atoms with van der Waals surface area (Å²) in [6.45, 7) is 4.97. The minimum Gasteiger partial charge on any atom is -0.336 e. The zero-order chi connectivity index (χ0) is 34.6. The summed E-state index contributed by atoms with van der Waals surface area (Å²) in [7, 11) is -2.49. The molecule has 1 aliphatic heterocycles. The maximum absolute atomic E-state index is 13.8. The van der Waals surface area contributed by atoms with Gasteiger partial charge in [-0.05, 0) is 64.6 Å². The molecule has 1 atom stereocenters. The van der Waals surface area contributed by atoms with Gasteiger partial charge in [0.2, 0.25) is 0 Å². The highest BCUT2D eigenvalue weighted by Gasteiger charge is 2.37. The Balaban J connectivity index is 1.44. The minimum atomic E-state index is -4.17. The van der Waals surface area contributed by atoms with Crippen molar-refractivity contribution in [2.75, 3.05) is 25.1 Å². The van der Waals surface area contributed by atoms with Gasteiger partial charge >= 0.3 is 7.82 Å². The minimum absolute atomic E-state index is 0.00836. The van der Waals surface area contributed by atoms with Crippen LogP contribution in [0.1, 0.15) is 64.7 Å². The van der Waals surface area contributed by atoms with Crippen molar-refractivity contribution in [2.24, 2.45) is 12.5 Å². The molecule has 0 spiro atoms. The Morgan fingerprint density at radius 3 is 2.61 bits per heavy atom. The third-order valence-corrected chi connectivity index (χ3v) is 11.4. The average Bonchev–Trinajstić information content (AvgIpc) is 3.58. The number of nitrogens with one attached hydrogen (secondary N) is 2. The number of anilines is 2. The number of hydrogen-bond donors (Lipinski definition) is 2. The molecule has 1 aromatic carbocycles. The maximum Gasteiger partial charge on any atom is 0.475 e. The van der Waals surface area contributed by atoms with Crippen LogP contribution in [0, 0.1) is 28.1 Å². The number of aryl methyl sites for hydroxylation is 1. The van der Waals surface area contributed by atoms with E-state index >= 15 is 0 Å². The van der Waals surface area contributed by atoms with E-state index in [1.165, 1.54) is 31.8 Å². The molecule has 6 rings (SSSR count). The summed E-state index contributed by atoms with van der Waals surface area (Å²) in [5, 5.41) is 24.9. The molecule has 2 aliphatic rings. The van der Waals surface area contributed by atoms with Crippen molar-refractivity contribution in [3.8, 4) is 23.3 Å². The first-order chi connectivity index (χ1) is 23.6. The van der Waals surface area contributed by atoms with E-state index < -0.39 is 7.82 Å². The molecule has 49 heavy (non-hydrogen) atoms. The van der Waals surface area contributed by atoms with Crippen LogP contribution in [0.2, 0.25) is 0 Å². The van der Waals surface area contributed by atoms with Crippen LogP contribution < -0.4 is 16.2 Å². The first-order valence-corrected chi connectivity index (χ1v) is 18.4. The molecule has 1 aliphatic carbocycles. The Kier molecular flexibility index (Phi) is 10.4. The molecule has 14 heteroatoms. The zero-order valence-corrected chi connectivity index (χ0v) is 29.4. The van der Waals surface area contributed by atoms with Crippen molar-refractivity contribution in [3.63, 3.8) is 0 Å². The van der Waals surface area contributed by atoms with Gasteiger partial charge in [-0.3, -0.25) is 18.4 Å². The van der Waals surface area contributed by atoms with Gasteiger partial charge in [0.15, 0.2) is 0 Å². The smallest absolute Gasteiger partial charge is 0.336 e. The number of phosphoric acid groups is 1. The summed E-state index contributed by atoms with van der Waals surface area (Å²) in [5.41, 5.74) is 6.37. The number of phosphoric ester groups is 1. The van der Waals surface area contributed by atoms with Crippen LogP contribution in [0.3, 0.4) is 0 Å². The van der Waals surface area contributed by atoms with Crippen molar-refractivity contribution in [1.82, 2.24) is 19.9 Å². The predicted molar refractivity (Wildman–Crippen MR) is 186 cm³/mol. The normalized spacial score (nSPS) is 16.4. The number of hydrogen-bond acceptors (Lipinski definition) is 12. The lowest BCUT2D eigenvalue weighted by Crippen LogP contribution is -2.31. The van der Waals surface area contributed by atoms with Gasteiger partial charge in [0.05, 0.1) is 50.8 Å². The van der Waals surface area contributed by atoms with E-state index in [0.717, 1.165) is 48.1 Å². The van der Waals surface area contributed by atoms with Crippen LogP contribution in [-0.4, -0.2) is 34.3 Å². The molecule has 12 nitrogen and oxygen atoms in total. The molecule has 1 unspecified atom stereocenters. The van der Waals surface area contributed by atoms with Gasteiger partial charge in [0.25, 0.3) is 5.56 Å². The number of nitrogens with zero attached hydrogens (tertiary/aromatic N) is 5. The van der Waals surface area contributed by atoms with Crippen LogP contribution in [0.25, 0.3) is 11.1 Å². The number of thiophene rings is 1. The fraction of sp³-hybridized carbons (Fsp3) is 0.400. The van der Waals surface area contributed by atoms with Crippen LogP contribution in [0.15, 0.2) is 53.8 Å². The molecule has 0 saturated carbocycles. The number of fused-ring (bicyclic) bond motifs is 3. The lowest BCUT2D eigenvalue weighted by molar-refractivity contribution is 0.111. The van der Waals surface area contributed by atoms with Gasteiger partial charge in [-0.25, -0.2) is 14.5 Å². The summed E-state index contributed by atoms with van der Waals surface area (Å²) in [6.07, 6.45) is 7.78. The second-order valence-electron chi connectivity index (χ2n) is 12.9. The topological polar surface area (TPSA) is 164 Å². The summed E-state index contributed by atoms with van der Waals surface area (Å²) >= 11 is 1.86. The van der Waals surface area contributed by atoms with Crippen LogP contribution in [-0.2, 0) is 51.1 Å². The van der Waals surface area contributed by atoms with Crippen LogP contribution in [0.5, 0.6) is 0 Å². The summed E-state index contributed by atoms with van der Waals surface area (Å²) < 4.78 is 32.3. The highest BCUT2D eigenvalue weighted by molar-refractivity contribution is 7.48. The third kappa shape index (κ3) is 7.68. The predicted octanol–water partition coefficient (Wildman–Crippen LogP) is 6.49. The van der Waals surface area contributed by atoms with E-state index in [-0.39, 0.29) is 49.7 Å². The van der Waals surface area contributed by atoms with E-state index in [1.54, 1.807) is 31.6 Å². The molecule has 4 heterocycles. The molecule has 0 amide bonds. The Labute approximate surface area is 289 Å². The largest absolute Gasteiger partial charge is 0.475 e. The monoisotopic (exact) mass is 699 g/mol. The number of aromatic nitrogens is 3. The Morgan fingerprint density at radius 1 is 1.12 bits per heavy atom. The first kappa shape index (κ1) is 34.7. The van der Waals surface area contributed by atoms with E-state index in [9.17, 15) is 9.36 Å². The molecule has 4 aromatic rings. The van der Waals surface area contributed by atoms with Gasteiger partial charge in [-0.15, -0.1) is 11.3 Å². The fourth-order valence-corrected chi connectivity index (χ4v) is 9.37. The molecule has 2 N–H and O–H groups in total. The summed E-state index contributed by atoms with van der Waals surface area (Å²) in [6, 6.07) is 13.2. The lowest BCUT2D eigenvalue weighted by Gasteiger charge is -2.29. The number of pyridine rings is 1. The van der Waals surface area contributed by atoms with E-state index in [4.69, 9.17) is 24.1 Å². The number of nitriles is 2. The van der Waals surface area contributed by atoms with Crippen LogP contribution in [0.4, 0.5) is 11.5 Å². The highest BCUT2D eigenvalue weighted by atomic mass is 32.1. The molecular weight excluding hydrogens is 661 g/mol. The van der Waals surface area contributed by atoms with Crippen molar-refractivity contribution >= 4 is 30.7 Å². The third-order valence-electron chi connectivity index (χ3n) is 8.67. The first-order valence-electron chi connectivity index (χ1n) is 16.1. The Bertz CT molecular complexity index is 2010. The number of rotatable bonds is 13. The lowest BCUT2D eigenvalue weighted by atomic mass is 9.86. The molecule has 3 aromatic heterocycles. The van der Waals surface area contributed by atoms with Gasteiger partial charge in [-0.2, -0.15) is 10.5 Å². The SMILES string of the molecule is Cn1cc(-c2cccc(C3NCCc4c3sc3c4CC(C)(C)C3)c2COP(=O)(OCCC#N)OCCC#N)cc(Nc2ccncn2)c1=O. The standard InChI is InChI=1S/C35H38N7O5PS/c1-35(2)18-27-26-9-14-39-32(33(26)49-30(27)19-35)25-8-4-7-24(28(25)21-47-48(44,45-15-5-11-36)46-16-6-12-37)23-17-29(34(43)42(3)20-23)41-31-10-13-38-22-40-31/h4,7-8,10,13,17,20,22,32,39H,5-6,9,14-16,18-19,21H2,1-3H3,(H,38,40,41). The molecule has 0 fully saturated rings. The van der Waals surface area contributed by atoms with Crippen molar-refractivity contribution < 1.29 is 18.1 Å². The molecular formula is C35H38N7O5PS. The van der Waals surface area contributed by atoms with E-state index in [2.05, 4.69) is 34.4 Å². The fourth-order valence-electron chi connectivity index (χ4n) is 6.51. The molecule has 254 valence electrons. The zero-order valence-electron chi connectivity index (χ0n) is 27.7. The molecule has 0 saturated heterocycles. The van der Waals surface area contributed by atoms with Gasteiger partial charge in [0, 0.05) is 41.3 Å². The van der Waals surface area contributed by atoms with Gasteiger partial charge < -0.3 is 15.2 Å². The van der Waals surface area contributed by atoms with Crippen LogP contribution >= 0.6 is 19.2 Å². The second-order valence-corrected chi connectivity index (χ2v) is 15.7. The average molecular weight is 700 g/mol. The van der Waals surface area contributed by atoms with Gasteiger partial charge in [0.1, 0.15) is 17.8 Å².